The maximum Gasteiger partial charge on any atom is 0.319 e. The van der Waals surface area contributed by atoms with Gasteiger partial charge in [0.15, 0.2) is 0 Å². The molecule has 0 aliphatic heterocycles. The van der Waals surface area contributed by atoms with Crippen LogP contribution in [0.5, 0.6) is 0 Å². The predicted molar refractivity (Wildman–Crippen MR) is 92.9 cm³/mol. The van der Waals surface area contributed by atoms with Crippen molar-refractivity contribution < 1.29 is 9.59 Å². The lowest BCUT2D eigenvalue weighted by molar-refractivity contribution is 0.0936. The number of urea groups is 1. The molecule has 0 fully saturated rings. The SMILES string of the molecule is CC(C)NC(=O)Nc1cccc(C(=O)NC(C)Cn2ccnc2)c1. The second kappa shape index (κ2) is 8.14. The van der Waals surface area contributed by atoms with Crippen LogP contribution in [0.4, 0.5) is 10.5 Å². The van der Waals surface area contributed by atoms with E-state index in [1.165, 1.54) is 0 Å². The van der Waals surface area contributed by atoms with E-state index in [0.717, 1.165) is 0 Å². The Morgan fingerprint density at radius 1 is 1.21 bits per heavy atom. The van der Waals surface area contributed by atoms with Crippen molar-refractivity contribution in [2.24, 2.45) is 0 Å². The fourth-order valence-electron chi connectivity index (χ4n) is 2.23. The summed E-state index contributed by atoms with van der Waals surface area (Å²) >= 11 is 0. The Kier molecular flexibility index (Phi) is 5.95. The molecule has 0 saturated heterocycles. The van der Waals surface area contributed by atoms with Crippen molar-refractivity contribution in [2.75, 3.05) is 5.32 Å². The second-order valence-corrected chi connectivity index (χ2v) is 5.97. The number of carbonyl (C=O) groups excluding carboxylic acids is 2. The molecule has 0 bridgehead atoms. The first-order valence-corrected chi connectivity index (χ1v) is 7.88. The summed E-state index contributed by atoms with van der Waals surface area (Å²) in [4.78, 5) is 28.0. The first kappa shape index (κ1) is 17.5. The van der Waals surface area contributed by atoms with Crippen LogP contribution in [-0.2, 0) is 6.54 Å². The summed E-state index contributed by atoms with van der Waals surface area (Å²) in [6, 6.07) is 6.54. The molecule has 0 aliphatic rings. The van der Waals surface area contributed by atoms with E-state index in [1.807, 2.05) is 31.5 Å². The van der Waals surface area contributed by atoms with Crippen LogP contribution in [0, 0.1) is 0 Å². The average molecular weight is 329 g/mol. The molecular weight excluding hydrogens is 306 g/mol. The van der Waals surface area contributed by atoms with Gasteiger partial charge in [0.1, 0.15) is 0 Å². The van der Waals surface area contributed by atoms with Gasteiger partial charge in [-0.15, -0.1) is 0 Å². The molecule has 0 saturated carbocycles. The molecule has 0 radical (unpaired) electrons. The molecule has 1 atom stereocenters. The van der Waals surface area contributed by atoms with Crippen LogP contribution in [0.15, 0.2) is 43.0 Å². The van der Waals surface area contributed by atoms with Gasteiger partial charge >= 0.3 is 6.03 Å². The summed E-state index contributed by atoms with van der Waals surface area (Å²) in [5.74, 6) is -0.185. The number of aromatic nitrogens is 2. The van der Waals surface area contributed by atoms with Gasteiger partial charge in [0.05, 0.1) is 6.33 Å². The highest BCUT2D eigenvalue weighted by Crippen LogP contribution is 2.11. The predicted octanol–water partition coefficient (Wildman–Crippen LogP) is 2.23. The molecule has 1 aromatic carbocycles. The maximum atomic E-state index is 12.3. The molecule has 1 aromatic heterocycles. The maximum absolute atomic E-state index is 12.3. The smallest absolute Gasteiger partial charge is 0.319 e. The average Bonchev–Trinajstić information content (AvgIpc) is 2.99. The lowest BCUT2D eigenvalue weighted by Gasteiger charge is -2.15. The molecule has 0 aliphatic carbocycles. The van der Waals surface area contributed by atoms with Crippen LogP contribution in [-0.4, -0.2) is 33.6 Å². The lowest BCUT2D eigenvalue weighted by Crippen LogP contribution is -2.36. The van der Waals surface area contributed by atoms with Crippen molar-refractivity contribution in [3.05, 3.63) is 48.5 Å². The molecule has 2 aromatic rings. The molecule has 1 heterocycles. The zero-order valence-electron chi connectivity index (χ0n) is 14.1. The monoisotopic (exact) mass is 329 g/mol. The summed E-state index contributed by atoms with van der Waals surface area (Å²) in [5.41, 5.74) is 1.07. The fraction of sp³-hybridized carbons (Fsp3) is 0.353. The molecule has 7 heteroatoms. The van der Waals surface area contributed by atoms with Gasteiger partial charge in [-0.2, -0.15) is 0 Å². The van der Waals surface area contributed by atoms with Gasteiger partial charge in [0.25, 0.3) is 5.91 Å². The Balaban J connectivity index is 1.94. The second-order valence-electron chi connectivity index (χ2n) is 5.97. The van der Waals surface area contributed by atoms with Gasteiger partial charge in [-0.1, -0.05) is 6.07 Å². The van der Waals surface area contributed by atoms with Crippen LogP contribution >= 0.6 is 0 Å². The number of benzene rings is 1. The molecule has 2 rings (SSSR count). The number of imidazole rings is 1. The minimum Gasteiger partial charge on any atom is -0.348 e. The Labute approximate surface area is 141 Å². The van der Waals surface area contributed by atoms with Gasteiger partial charge in [0.2, 0.25) is 0 Å². The Morgan fingerprint density at radius 3 is 2.67 bits per heavy atom. The zero-order chi connectivity index (χ0) is 17.5. The van der Waals surface area contributed by atoms with E-state index < -0.39 is 0 Å². The van der Waals surface area contributed by atoms with Gasteiger partial charge in [-0.05, 0) is 39.0 Å². The molecule has 3 amide bonds. The van der Waals surface area contributed by atoms with Crippen LogP contribution < -0.4 is 16.0 Å². The van der Waals surface area contributed by atoms with Crippen LogP contribution in [0.25, 0.3) is 0 Å². The highest BCUT2D eigenvalue weighted by molar-refractivity contribution is 5.97. The van der Waals surface area contributed by atoms with Crippen LogP contribution in [0.3, 0.4) is 0 Å². The minimum absolute atomic E-state index is 0.0421. The van der Waals surface area contributed by atoms with Crippen LogP contribution in [0.1, 0.15) is 31.1 Å². The molecule has 0 spiro atoms. The van der Waals surface area contributed by atoms with Crippen molar-refractivity contribution in [2.45, 2.75) is 39.4 Å². The van der Waals surface area contributed by atoms with Crippen molar-refractivity contribution in [3.8, 4) is 0 Å². The third-order valence-electron chi connectivity index (χ3n) is 3.22. The molecule has 24 heavy (non-hydrogen) atoms. The van der Waals surface area contributed by atoms with Gasteiger partial charge in [-0.3, -0.25) is 4.79 Å². The Hall–Kier alpha value is -2.83. The molecule has 7 nitrogen and oxygen atoms in total. The van der Waals surface area contributed by atoms with Gasteiger partial charge < -0.3 is 20.5 Å². The van der Waals surface area contributed by atoms with Crippen molar-refractivity contribution in [1.29, 1.82) is 0 Å². The molecule has 3 N–H and O–H groups in total. The molecule has 128 valence electrons. The minimum atomic E-state index is -0.295. The first-order valence-electron chi connectivity index (χ1n) is 7.88. The summed E-state index contributed by atoms with van der Waals surface area (Å²) in [6.45, 7) is 6.33. The fourth-order valence-corrected chi connectivity index (χ4v) is 2.23. The number of hydrogen-bond acceptors (Lipinski definition) is 3. The van der Waals surface area contributed by atoms with E-state index in [2.05, 4.69) is 20.9 Å². The number of amides is 3. The number of nitrogens with one attached hydrogen (secondary N) is 3. The number of anilines is 1. The third-order valence-corrected chi connectivity index (χ3v) is 3.22. The van der Waals surface area contributed by atoms with Crippen molar-refractivity contribution in [1.82, 2.24) is 20.2 Å². The summed E-state index contributed by atoms with van der Waals surface area (Å²) in [5, 5.41) is 8.38. The molecular formula is C17H23N5O2. The number of nitrogens with zero attached hydrogens (tertiary/aromatic N) is 2. The summed E-state index contributed by atoms with van der Waals surface area (Å²) in [7, 11) is 0. The quantitative estimate of drug-likeness (QED) is 0.759. The topological polar surface area (TPSA) is 88.0 Å². The first-order chi connectivity index (χ1) is 11.4. The van der Waals surface area contributed by atoms with E-state index >= 15 is 0 Å². The number of rotatable bonds is 6. The third kappa shape index (κ3) is 5.42. The van der Waals surface area contributed by atoms with Crippen LogP contribution in [0.2, 0.25) is 0 Å². The largest absolute Gasteiger partial charge is 0.348 e. The number of hydrogen-bond donors (Lipinski definition) is 3. The Morgan fingerprint density at radius 2 is 2.00 bits per heavy atom. The van der Waals surface area contributed by atoms with E-state index in [4.69, 9.17) is 0 Å². The van der Waals surface area contributed by atoms with E-state index in [-0.39, 0.29) is 24.0 Å². The standard InChI is InChI=1S/C17H23N5O2/c1-12(2)19-17(24)21-15-6-4-5-14(9-15)16(23)20-13(3)10-22-8-7-18-11-22/h4-9,11-13H,10H2,1-3H3,(H,20,23)(H2,19,21,24). The van der Waals surface area contributed by atoms with E-state index in [1.54, 1.807) is 36.8 Å². The summed E-state index contributed by atoms with van der Waals surface area (Å²) < 4.78 is 1.90. The highest BCUT2D eigenvalue weighted by atomic mass is 16.2. The van der Waals surface area contributed by atoms with Crippen molar-refractivity contribution >= 4 is 17.6 Å². The lowest BCUT2D eigenvalue weighted by atomic mass is 10.1. The van der Waals surface area contributed by atoms with Gasteiger partial charge in [-0.25, -0.2) is 9.78 Å². The normalized spacial score (nSPS) is 11.8. The number of carbonyl (C=O) groups is 2. The zero-order valence-corrected chi connectivity index (χ0v) is 14.1. The van der Waals surface area contributed by atoms with Gasteiger partial charge in [0, 0.05) is 42.3 Å². The summed E-state index contributed by atoms with van der Waals surface area (Å²) in [6.07, 6.45) is 5.26. The van der Waals surface area contributed by atoms with Crippen molar-refractivity contribution in [3.63, 3.8) is 0 Å². The Bertz CT molecular complexity index is 682. The molecule has 1 unspecified atom stereocenters. The van der Waals surface area contributed by atoms with E-state index in [9.17, 15) is 9.59 Å². The highest BCUT2D eigenvalue weighted by Gasteiger charge is 2.11. The van der Waals surface area contributed by atoms with E-state index in [0.29, 0.717) is 17.8 Å².